The fraction of sp³-hybridized carbons (Fsp3) is 0.464. The second-order valence-electron chi connectivity index (χ2n) is 9.66. The van der Waals surface area contributed by atoms with Crippen molar-refractivity contribution in [1.82, 2.24) is 19.4 Å². The number of aromatic nitrogens is 2. The number of imidazole rings is 1. The lowest BCUT2D eigenvalue weighted by atomic mass is 10.0. The minimum Gasteiger partial charge on any atom is -0.483 e. The standard InChI is InChI=1S/C28H35N5O2/c1-2-30-11-13-32(14-12-30)25-6-3-22(4-7-25)23-5-8-26-27(19-23)35-21-28-29-24(20-33(26)28)9-10-31-15-17-34-18-16-31/h3-8,19-20H,2,9-18,21H2,1H3. The number of likely N-dealkylation sites (N-methyl/N-ethyl adjacent to an activating group) is 1. The molecule has 0 spiro atoms. The van der Waals surface area contributed by atoms with Gasteiger partial charge in [0.2, 0.25) is 0 Å². The molecule has 3 aliphatic rings. The van der Waals surface area contributed by atoms with Gasteiger partial charge in [0.15, 0.2) is 5.82 Å². The molecule has 3 aliphatic heterocycles. The lowest BCUT2D eigenvalue weighted by Gasteiger charge is -2.35. The predicted octanol–water partition coefficient (Wildman–Crippen LogP) is 3.45. The molecule has 2 aromatic carbocycles. The van der Waals surface area contributed by atoms with Gasteiger partial charge < -0.3 is 19.3 Å². The summed E-state index contributed by atoms with van der Waals surface area (Å²) in [5, 5.41) is 0. The predicted molar refractivity (Wildman–Crippen MR) is 139 cm³/mol. The molecular weight excluding hydrogens is 438 g/mol. The maximum Gasteiger partial charge on any atom is 0.151 e. The van der Waals surface area contributed by atoms with Crippen LogP contribution in [0.3, 0.4) is 0 Å². The van der Waals surface area contributed by atoms with E-state index in [1.54, 1.807) is 0 Å². The molecule has 2 saturated heterocycles. The van der Waals surface area contributed by atoms with Gasteiger partial charge >= 0.3 is 0 Å². The Labute approximate surface area is 207 Å². The fourth-order valence-corrected chi connectivity index (χ4v) is 5.34. The number of rotatable bonds is 6. The second kappa shape index (κ2) is 10.0. The van der Waals surface area contributed by atoms with E-state index in [4.69, 9.17) is 14.5 Å². The Morgan fingerprint density at radius 3 is 2.40 bits per heavy atom. The van der Waals surface area contributed by atoms with Gasteiger partial charge in [-0.3, -0.25) is 9.47 Å². The molecule has 35 heavy (non-hydrogen) atoms. The van der Waals surface area contributed by atoms with Gasteiger partial charge in [-0.25, -0.2) is 4.98 Å². The van der Waals surface area contributed by atoms with Crippen molar-refractivity contribution >= 4 is 5.69 Å². The van der Waals surface area contributed by atoms with Crippen LogP contribution in [0.2, 0.25) is 0 Å². The molecule has 7 nitrogen and oxygen atoms in total. The van der Waals surface area contributed by atoms with Crippen LogP contribution >= 0.6 is 0 Å². The highest BCUT2D eigenvalue weighted by atomic mass is 16.5. The summed E-state index contributed by atoms with van der Waals surface area (Å²) in [5.41, 5.74) is 5.91. The first-order chi connectivity index (χ1) is 17.3. The monoisotopic (exact) mass is 473 g/mol. The molecule has 0 radical (unpaired) electrons. The number of hydrogen-bond acceptors (Lipinski definition) is 6. The van der Waals surface area contributed by atoms with Gasteiger partial charge in [0.1, 0.15) is 12.4 Å². The first-order valence-corrected chi connectivity index (χ1v) is 13.0. The van der Waals surface area contributed by atoms with Crippen LogP contribution in [0.15, 0.2) is 48.7 Å². The summed E-state index contributed by atoms with van der Waals surface area (Å²) in [5.74, 6) is 1.90. The topological polar surface area (TPSA) is 46.0 Å². The van der Waals surface area contributed by atoms with E-state index in [-0.39, 0.29) is 0 Å². The number of nitrogens with zero attached hydrogens (tertiary/aromatic N) is 5. The summed E-state index contributed by atoms with van der Waals surface area (Å²) in [7, 11) is 0. The van der Waals surface area contributed by atoms with Crippen molar-refractivity contribution in [3.8, 4) is 22.6 Å². The van der Waals surface area contributed by atoms with Gasteiger partial charge in [0, 0.05) is 64.1 Å². The zero-order valence-electron chi connectivity index (χ0n) is 20.7. The summed E-state index contributed by atoms with van der Waals surface area (Å²) < 4.78 is 13.8. The highest BCUT2D eigenvalue weighted by Gasteiger charge is 2.21. The molecule has 0 N–H and O–H groups in total. The zero-order chi connectivity index (χ0) is 23.6. The number of ether oxygens (including phenoxy) is 2. The second-order valence-corrected chi connectivity index (χ2v) is 9.66. The van der Waals surface area contributed by atoms with E-state index < -0.39 is 0 Å². The molecule has 184 valence electrons. The molecule has 3 aromatic rings. The highest BCUT2D eigenvalue weighted by molar-refractivity contribution is 5.70. The van der Waals surface area contributed by atoms with E-state index in [0.717, 1.165) is 94.9 Å². The third kappa shape index (κ3) is 4.81. The Morgan fingerprint density at radius 1 is 0.857 bits per heavy atom. The Hall–Kier alpha value is -2.87. The Bertz CT molecular complexity index is 1140. The van der Waals surface area contributed by atoms with Gasteiger partial charge in [0.25, 0.3) is 0 Å². The first-order valence-electron chi connectivity index (χ1n) is 13.0. The molecule has 0 saturated carbocycles. The third-order valence-corrected chi connectivity index (χ3v) is 7.58. The average Bonchev–Trinajstić information content (AvgIpc) is 3.36. The van der Waals surface area contributed by atoms with Gasteiger partial charge in [-0.1, -0.05) is 25.1 Å². The van der Waals surface area contributed by atoms with Crippen molar-refractivity contribution in [2.24, 2.45) is 0 Å². The third-order valence-electron chi connectivity index (χ3n) is 7.58. The van der Waals surface area contributed by atoms with Crippen LogP contribution in [-0.2, 0) is 17.8 Å². The minimum atomic E-state index is 0.511. The molecule has 0 atom stereocenters. The molecule has 6 rings (SSSR count). The minimum absolute atomic E-state index is 0.511. The number of benzene rings is 2. The van der Waals surface area contributed by atoms with Crippen LogP contribution in [0.1, 0.15) is 18.4 Å². The molecule has 1 aromatic heterocycles. The number of hydrogen-bond donors (Lipinski definition) is 0. The fourth-order valence-electron chi connectivity index (χ4n) is 5.34. The maximum atomic E-state index is 6.14. The summed E-state index contributed by atoms with van der Waals surface area (Å²) in [6.45, 7) is 13.1. The Balaban J connectivity index is 1.15. The number of piperazine rings is 1. The average molecular weight is 474 g/mol. The van der Waals surface area contributed by atoms with Crippen molar-refractivity contribution in [2.75, 3.05) is 70.5 Å². The molecule has 4 heterocycles. The zero-order valence-corrected chi connectivity index (χ0v) is 20.7. The lowest BCUT2D eigenvalue weighted by molar-refractivity contribution is 0.0383. The number of anilines is 1. The quantitative estimate of drug-likeness (QED) is 0.547. The van der Waals surface area contributed by atoms with Crippen molar-refractivity contribution in [3.63, 3.8) is 0 Å². The molecule has 0 amide bonds. The van der Waals surface area contributed by atoms with E-state index in [0.29, 0.717) is 6.61 Å². The largest absolute Gasteiger partial charge is 0.483 e. The van der Waals surface area contributed by atoms with Gasteiger partial charge in [0.05, 0.1) is 24.6 Å². The molecule has 0 unspecified atom stereocenters. The normalized spacial score (nSPS) is 18.7. The number of morpholine rings is 1. The number of fused-ring (bicyclic) bond motifs is 3. The summed E-state index contributed by atoms with van der Waals surface area (Å²) in [6.07, 6.45) is 3.14. The lowest BCUT2D eigenvalue weighted by Crippen LogP contribution is -2.46. The van der Waals surface area contributed by atoms with Crippen molar-refractivity contribution in [3.05, 3.63) is 60.2 Å². The molecule has 0 aliphatic carbocycles. The van der Waals surface area contributed by atoms with E-state index in [9.17, 15) is 0 Å². The maximum absolute atomic E-state index is 6.14. The van der Waals surface area contributed by atoms with E-state index in [2.05, 4.69) is 74.9 Å². The van der Waals surface area contributed by atoms with Gasteiger partial charge in [-0.15, -0.1) is 0 Å². The van der Waals surface area contributed by atoms with Gasteiger partial charge in [-0.2, -0.15) is 0 Å². The van der Waals surface area contributed by atoms with Crippen LogP contribution in [0.4, 0.5) is 5.69 Å². The van der Waals surface area contributed by atoms with Crippen molar-refractivity contribution in [1.29, 1.82) is 0 Å². The van der Waals surface area contributed by atoms with Crippen LogP contribution < -0.4 is 9.64 Å². The van der Waals surface area contributed by atoms with Crippen LogP contribution in [0, 0.1) is 0 Å². The molecule has 2 fully saturated rings. The smallest absolute Gasteiger partial charge is 0.151 e. The van der Waals surface area contributed by atoms with Crippen LogP contribution in [0.25, 0.3) is 16.8 Å². The van der Waals surface area contributed by atoms with Crippen LogP contribution in [-0.4, -0.2) is 84.9 Å². The SMILES string of the molecule is CCN1CCN(c2ccc(-c3ccc4c(c3)OCc3nc(CCN5CCOCC5)cn3-4)cc2)CC1. The summed E-state index contributed by atoms with van der Waals surface area (Å²) in [6, 6.07) is 15.5. The Kier molecular flexibility index (Phi) is 6.46. The van der Waals surface area contributed by atoms with E-state index >= 15 is 0 Å². The van der Waals surface area contributed by atoms with Crippen molar-refractivity contribution < 1.29 is 9.47 Å². The summed E-state index contributed by atoms with van der Waals surface area (Å²) in [4.78, 5) is 12.3. The van der Waals surface area contributed by atoms with Gasteiger partial charge in [-0.05, 0) is 41.9 Å². The molecule has 7 heteroatoms. The van der Waals surface area contributed by atoms with Crippen LogP contribution in [0.5, 0.6) is 5.75 Å². The summed E-state index contributed by atoms with van der Waals surface area (Å²) >= 11 is 0. The molecular formula is C28H35N5O2. The van der Waals surface area contributed by atoms with E-state index in [1.807, 2.05) is 0 Å². The highest BCUT2D eigenvalue weighted by Crippen LogP contribution is 2.34. The Morgan fingerprint density at radius 2 is 1.63 bits per heavy atom. The molecule has 0 bridgehead atoms. The van der Waals surface area contributed by atoms with Crippen molar-refractivity contribution in [2.45, 2.75) is 20.0 Å². The van der Waals surface area contributed by atoms with E-state index in [1.165, 1.54) is 16.8 Å². The first kappa shape index (κ1) is 22.6.